The van der Waals surface area contributed by atoms with Gasteiger partial charge in [0, 0.05) is 39.0 Å². The van der Waals surface area contributed by atoms with Gasteiger partial charge in [-0.05, 0) is 36.6 Å². The predicted molar refractivity (Wildman–Crippen MR) is 147 cm³/mol. The third-order valence-electron chi connectivity index (χ3n) is 7.25. The molecular formula is C28H37N5O5S. The number of aliphatic hydroxyl groups is 1. The summed E-state index contributed by atoms with van der Waals surface area (Å²) in [4.78, 5) is 14.9. The quantitative estimate of drug-likeness (QED) is 0.476. The van der Waals surface area contributed by atoms with Crippen LogP contribution in [0.1, 0.15) is 32.4 Å². The molecule has 11 heteroatoms. The van der Waals surface area contributed by atoms with Crippen molar-refractivity contribution in [3.63, 3.8) is 0 Å². The first-order valence-corrected chi connectivity index (χ1v) is 14.7. The van der Waals surface area contributed by atoms with Crippen molar-refractivity contribution in [2.24, 2.45) is 5.92 Å². The Bertz CT molecular complexity index is 1330. The molecule has 0 spiro atoms. The number of likely N-dealkylation sites (N-methyl/N-ethyl adjacent to an activating group) is 1. The third kappa shape index (κ3) is 6.91. The number of amides is 1. The summed E-state index contributed by atoms with van der Waals surface area (Å²) in [6.45, 7) is 4.72. The fraction of sp³-hybridized carbons (Fsp3) is 0.464. The van der Waals surface area contributed by atoms with Crippen LogP contribution in [0.5, 0.6) is 0 Å². The van der Waals surface area contributed by atoms with Gasteiger partial charge in [-0.25, -0.2) is 13.1 Å². The summed E-state index contributed by atoms with van der Waals surface area (Å²) in [5.74, 6) is -0.284. The lowest BCUT2D eigenvalue weighted by molar-refractivity contribution is -0.136. The highest BCUT2D eigenvalue weighted by molar-refractivity contribution is 7.89. The third-order valence-corrected chi connectivity index (χ3v) is 9.08. The highest BCUT2D eigenvalue weighted by Gasteiger charge is 2.31. The Morgan fingerprint density at radius 2 is 1.82 bits per heavy atom. The average molecular weight is 556 g/mol. The summed E-state index contributed by atoms with van der Waals surface area (Å²) in [5, 5.41) is 17.9. The lowest BCUT2D eigenvalue weighted by Gasteiger charge is -2.35. The van der Waals surface area contributed by atoms with Crippen LogP contribution in [-0.2, 0) is 32.7 Å². The predicted octanol–water partition coefficient (Wildman–Crippen LogP) is 2.79. The van der Waals surface area contributed by atoms with E-state index in [2.05, 4.69) is 10.3 Å². The van der Waals surface area contributed by atoms with E-state index in [0.717, 1.165) is 16.8 Å². The van der Waals surface area contributed by atoms with E-state index < -0.39 is 16.1 Å². The van der Waals surface area contributed by atoms with E-state index in [1.807, 2.05) is 37.3 Å². The molecule has 0 bridgehead atoms. The molecule has 0 saturated carbocycles. The van der Waals surface area contributed by atoms with Crippen molar-refractivity contribution >= 4 is 15.9 Å². The van der Waals surface area contributed by atoms with E-state index in [1.54, 1.807) is 47.0 Å². The standard InChI is InChI=1S/C28H37N5O5S/c1-21-17-32(22(2)19-34)28(35)10-7-15-33-25(16-29-30-33)20-38-27(21)18-31(3)39(36,37)26-13-11-24(12-14-26)23-8-5-4-6-9-23/h4-6,8-9,11-14,16,21-22,27,34H,7,10,15,17-20H2,1-3H3/t21-,22+,27-/m0/s1. The first-order valence-electron chi connectivity index (χ1n) is 13.2. The number of aryl methyl sites for hydroxylation is 1. The molecule has 0 unspecified atom stereocenters. The van der Waals surface area contributed by atoms with E-state index in [4.69, 9.17) is 4.74 Å². The Hall–Kier alpha value is -3.12. The Morgan fingerprint density at radius 3 is 2.51 bits per heavy atom. The molecule has 0 saturated heterocycles. The van der Waals surface area contributed by atoms with Gasteiger partial charge in [-0.3, -0.25) is 4.79 Å². The molecule has 4 rings (SSSR count). The van der Waals surface area contributed by atoms with Gasteiger partial charge < -0.3 is 14.7 Å². The number of rotatable bonds is 7. The number of hydrogen-bond donors (Lipinski definition) is 1. The minimum Gasteiger partial charge on any atom is -0.394 e. The second-order valence-corrected chi connectivity index (χ2v) is 12.2. The molecule has 3 aromatic rings. The summed E-state index contributed by atoms with van der Waals surface area (Å²) in [7, 11) is -2.26. The van der Waals surface area contributed by atoms with E-state index in [0.29, 0.717) is 25.9 Å². The molecule has 39 heavy (non-hydrogen) atoms. The Kier molecular flexibility index (Phi) is 9.49. The van der Waals surface area contributed by atoms with Crippen molar-refractivity contribution in [2.75, 3.05) is 26.7 Å². The fourth-order valence-electron chi connectivity index (χ4n) is 4.73. The van der Waals surface area contributed by atoms with E-state index in [1.165, 1.54) is 11.4 Å². The molecule has 2 heterocycles. The number of nitrogens with zero attached hydrogens (tertiary/aromatic N) is 5. The SMILES string of the molecule is C[C@H](CO)N1C[C@H](C)[C@H](CN(C)S(=O)(=O)c2ccc(-c3ccccc3)cc2)OCc2cnnn2CCCC1=O. The van der Waals surface area contributed by atoms with Crippen LogP contribution in [0.4, 0.5) is 0 Å². The summed E-state index contributed by atoms with van der Waals surface area (Å²) < 4.78 is 36.3. The highest BCUT2D eigenvalue weighted by Crippen LogP contribution is 2.24. The normalized spacial score (nSPS) is 20.2. The van der Waals surface area contributed by atoms with Crippen LogP contribution < -0.4 is 0 Å². The molecule has 210 valence electrons. The summed E-state index contributed by atoms with van der Waals surface area (Å²) in [5.41, 5.74) is 2.71. The lowest BCUT2D eigenvalue weighted by atomic mass is 10.0. The van der Waals surface area contributed by atoms with Crippen LogP contribution in [0.25, 0.3) is 11.1 Å². The number of ether oxygens (including phenoxy) is 1. The molecule has 1 aliphatic heterocycles. The Balaban J connectivity index is 1.56. The Labute approximate surface area is 230 Å². The fourth-order valence-corrected chi connectivity index (χ4v) is 5.91. The van der Waals surface area contributed by atoms with Crippen LogP contribution in [0.2, 0.25) is 0 Å². The molecule has 1 aliphatic rings. The second-order valence-electron chi connectivity index (χ2n) is 10.1. The lowest BCUT2D eigenvalue weighted by Crippen LogP contribution is -2.47. The molecule has 3 atom stereocenters. The van der Waals surface area contributed by atoms with Gasteiger partial charge in [0.1, 0.15) is 0 Å². The smallest absolute Gasteiger partial charge is 0.242 e. The first kappa shape index (κ1) is 28.9. The maximum absolute atomic E-state index is 13.5. The van der Waals surface area contributed by atoms with Crippen molar-refractivity contribution < 1.29 is 23.1 Å². The number of carbonyl (C=O) groups excluding carboxylic acids is 1. The van der Waals surface area contributed by atoms with Crippen LogP contribution in [0.3, 0.4) is 0 Å². The first-order chi connectivity index (χ1) is 18.7. The number of carbonyl (C=O) groups is 1. The van der Waals surface area contributed by atoms with Gasteiger partial charge in [-0.15, -0.1) is 5.10 Å². The van der Waals surface area contributed by atoms with Gasteiger partial charge in [0.15, 0.2) is 0 Å². The number of sulfonamides is 1. The summed E-state index contributed by atoms with van der Waals surface area (Å²) in [6, 6.07) is 16.3. The molecule has 0 fully saturated rings. The molecule has 1 amide bonds. The van der Waals surface area contributed by atoms with Gasteiger partial charge in [0.2, 0.25) is 15.9 Å². The van der Waals surface area contributed by atoms with Gasteiger partial charge in [0.25, 0.3) is 0 Å². The van der Waals surface area contributed by atoms with Gasteiger partial charge in [-0.1, -0.05) is 54.6 Å². The monoisotopic (exact) mass is 555 g/mol. The molecule has 2 aromatic carbocycles. The largest absolute Gasteiger partial charge is 0.394 e. The van der Waals surface area contributed by atoms with E-state index >= 15 is 0 Å². The van der Waals surface area contributed by atoms with Crippen LogP contribution >= 0.6 is 0 Å². The molecule has 0 radical (unpaired) electrons. The second kappa shape index (κ2) is 12.8. The zero-order valence-corrected chi connectivity index (χ0v) is 23.5. The number of fused-ring (bicyclic) bond motifs is 1. The van der Waals surface area contributed by atoms with Crippen molar-refractivity contribution in [2.45, 2.75) is 56.9 Å². The Morgan fingerprint density at radius 1 is 1.13 bits per heavy atom. The van der Waals surface area contributed by atoms with Crippen LogP contribution in [0, 0.1) is 5.92 Å². The van der Waals surface area contributed by atoms with Gasteiger partial charge in [0.05, 0.1) is 42.1 Å². The molecule has 1 N–H and O–H groups in total. The van der Waals surface area contributed by atoms with Crippen molar-refractivity contribution in [1.29, 1.82) is 0 Å². The maximum atomic E-state index is 13.5. The number of aromatic nitrogens is 3. The molecule has 10 nitrogen and oxygen atoms in total. The van der Waals surface area contributed by atoms with E-state index in [-0.39, 0.29) is 42.5 Å². The molecule has 1 aromatic heterocycles. The maximum Gasteiger partial charge on any atom is 0.242 e. The minimum absolute atomic E-state index is 0.0659. The molecule has 0 aliphatic carbocycles. The van der Waals surface area contributed by atoms with E-state index in [9.17, 15) is 18.3 Å². The van der Waals surface area contributed by atoms with Crippen LogP contribution in [0.15, 0.2) is 65.7 Å². The minimum atomic E-state index is -3.80. The number of aliphatic hydroxyl groups excluding tert-OH is 1. The number of benzene rings is 2. The van der Waals surface area contributed by atoms with Gasteiger partial charge >= 0.3 is 0 Å². The zero-order chi connectivity index (χ0) is 28.0. The van der Waals surface area contributed by atoms with Crippen molar-refractivity contribution in [1.82, 2.24) is 24.2 Å². The zero-order valence-electron chi connectivity index (χ0n) is 22.7. The van der Waals surface area contributed by atoms with Gasteiger partial charge in [-0.2, -0.15) is 4.31 Å². The van der Waals surface area contributed by atoms with Crippen molar-refractivity contribution in [3.05, 3.63) is 66.5 Å². The number of hydrogen-bond acceptors (Lipinski definition) is 7. The van der Waals surface area contributed by atoms with Crippen molar-refractivity contribution in [3.8, 4) is 11.1 Å². The van der Waals surface area contributed by atoms with Crippen LogP contribution in [-0.4, -0.2) is 82.5 Å². The summed E-state index contributed by atoms with van der Waals surface area (Å²) in [6.07, 6.45) is 2.00. The molecular weight excluding hydrogens is 518 g/mol. The topological polar surface area (TPSA) is 118 Å². The highest BCUT2D eigenvalue weighted by atomic mass is 32.2. The average Bonchev–Trinajstić information content (AvgIpc) is 3.40. The summed E-state index contributed by atoms with van der Waals surface area (Å²) >= 11 is 0.